The SMILES string of the molecule is COc1ccc(NS(=O)(=O)c2cccc(C(F)(F)F)c2)cc1N1CCNCC1. The number of alkyl halides is 3. The van der Waals surface area contributed by atoms with Gasteiger partial charge in [0.05, 0.1) is 28.9 Å². The van der Waals surface area contributed by atoms with Crippen molar-refractivity contribution in [3.8, 4) is 5.75 Å². The van der Waals surface area contributed by atoms with Gasteiger partial charge < -0.3 is 15.0 Å². The molecule has 152 valence electrons. The second-order valence-corrected chi connectivity index (χ2v) is 7.94. The molecule has 0 aromatic heterocycles. The quantitative estimate of drug-likeness (QED) is 0.786. The van der Waals surface area contributed by atoms with E-state index in [1.54, 1.807) is 12.1 Å². The Balaban J connectivity index is 1.90. The van der Waals surface area contributed by atoms with Gasteiger partial charge in [-0.2, -0.15) is 13.2 Å². The summed E-state index contributed by atoms with van der Waals surface area (Å²) in [6.45, 7) is 3.01. The van der Waals surface area contributed by atoms with E-state index in [2.05, 4.69) is 14.9 Å². The Bertz CT molecular complexity index is 943. The molecule has 2 N–H and O–H groups in total. The van der Waals surface area contributed by atoms with Crippen LogP contribution >= 0.6 is 0 Å². The molecule has 28 heavy (non-hydrogen) atoms. The van der Waals surface area contributed by atoms with Crippen LogP contribution in [0.4, 0.5) is 24.5 Å². The maximum atomic E-state index is 12.9. The van der Waals surface area contributed by atoms with Gasteiger partial charge in [-0.05, 0) is 36.4 Å². The molecule has 0 saturated carbocycles. The molecule has 2 aromatic carbocycles. The Morgan fingerprint density at radius 1 is 1.11 bits per heavy atom. The number of benzene rings is 2. The fourth-order valence-electron chi connectivity index (χ4n) is 2.96. The number of rotatable bonds is 5. The number of hydrogen-bond acceptors (Lipinski definition) is 5. The average molecular weight is 415 g/mol. The summed E-state index contributed by atoms with van der Waals surface area (Å²) in [5.74, 6) is 0.587. The number of halogens is 3. The van der Waals surface area contributed by atoms with Gasteiger partial charge in [-0.3, -0.25) is 4.72 Å². The third kappa shape index (κ3) is 4.50. The van der Waals surface area contributed by atoms with Crippen LogP contribution in [-0.2, 0) is 16.2 Å². The van der Waals surface area contributed by atoms with Crippen molar-refractivity contribution < 1.29 is 26.3 Å². The van der Waals surface area contributed by atoms with E-state index in [9.17, 15) is 21.6 Å². The zero-order valence-electron chi connectivity index (χ0n) is 15.1. The van der Waals surface area contributed by atoms with E-state index in [0.717, 1.165) is 44.4 Å². The average Bonchev–Trinajstić information content (AvgIpc) is 2.68. The van der Waals surface area contributed by atoms with Crippen LogP contribution in [0.25, 0.3) is 0 Å². The first-order valence-corrected chi connectivity index (χ1v) is 10.0. The summed E-state index contributed by atoms with van der Waals surface area (Å²) in [6, 6.07) is 8.39. The van der Waals surface area contributed by atoms with Crippen LogP contribution < -0.4 is 19.7 Å². The Morgan fingerprint density at radius 2 is 1.82 bits per heavy atom. The molecule has 0 bridgehead atoms. The van der Waals surface area contributed by atoms with Crippen molar-refractivity contribution in [1.82, 2.24) is 5.32 Å². The first-order valence-electron chi connectivity index (χ1n) is 8.54. The molecule has 1 saturated heterocycles. The molecule has 0 radical (unpaired) electrons. The maximum absolute atomic E-state index is 12.9. The predicted octanol–water partition coefficient (Wildman–Crippen LogP) is 2.92. The minimum Gasteiger partial charge on any atom is -0.495 e. The molecule has 2 aromatic rings. The molecule has 6 nitrogen and oxygen atoms in total. The third-order valence-electron chi connectivity index (χ3n) is 4.36. The molecule has 1 aliphatic heterocycles. The van der Waals surface area contributed by atoms with E-state index < -0.39 is 26.7 Å². The van der Waals surface area contributed by atoms with E-state index in [1.807, 2.05) is 0 Å². The van der Waals surface area contributed by atoms with Crippen molar-refractivity contribution in [1.29, 1.82) is 0 Å². The summed E-state index contributed by atoms with van der Waals surface area (Å²) in [4.78, 5) is 1.60. The fraction of sp³-hybridized carbons (Fsp3) is 0.333. The van der Waals surface area contributed by atoms with Gasteiger partial charge in [0, 0.05) is 26.2 Å². The molecule has 1 heterocycles. The summed E-state index contributed by atoms with van der Waals surface area (Å²) in [5, 5.41) is 3.23. The largest absolute Gasteiger partial charge is 0.495 e. The van der Waals surface area contributed by atoms with E-state index in [-0.39, 0.29) is 5.69 Å². The number of sulfonamides is 1. The summed E-state index contributed by atoms with van der Waals surface area (Å²) >= 11 is 0. The van der Waals surface area contributed by atoms with Crippen molar-refractivity contribution in [2.45, 2.75) is 11.1 Å². The minimum absolute atomic E-state index is 0.242. The van der Waals surface area contributed by atoms with Gasteiger partial charge in [-0.25, -0.2) is 8.42 Å². The smallest absolute Gasteiger partial charge is 0.416 e. The van der Waals surface area contributed by atoms with E-state index in [1.165, 1.54) is 13.2 Å². The van der Waals surface area contributed by atoms with Gasteiger partial charge in [0.1, 0.15) is 5.75 Å². The summed E-state index contributed by atoms with van der Waals surface area (Å²) in [7, 11) is -2.66. The molecule has 0 aliphatic carbocycles. The fourth-order valence-corrected chi connectivity index (χ4v) is 4.05. The molecule has 0 atom stereocenters. The Kier molecular flexibility index (Phi) is 5.71. The number of ether oxygens (including phenoxy) is 1. The van der Waals surface area contributed by atoms with Crippen molar-refractivity contribution in [2.75, 3.05) is 42.9 Å². The highest BCUT2D eigenvalue weighted by atomic mass is 32.2. The van der Waals surface area contributed by atoms with Crippen LogP contribution in [-0.4, -0.2) is 41.7 Å². The van der Waals surface area contributed by atoms with Crippen molar-refractivity contribution in [2.24, 2.45) is 0 Å². The second kappa shape index (κ2) is 7.88. The normalized spacial score (nSPS) is 15.4. The lowest BCUT2D eigenvalue weighted by Gasteiger charge is -2.31. The Hall–Kier alpha value is -2.46. The van der Waals surface area contributed by atoms with E-state index in [4.69, 9.17) is 4.74 Å². The monoisotopic (exact) mass is 415 g/mol. The van der Waals surface area contributed by atoms with Gasteiger partial charge in [-0.1, -0.05) is 6.07 Å². The number of piperazine rings is 1. The maximum Gasteiger partial charge on any atom is 0.416 e. The molecule has 1 fully saturated rings. The zero-order chi connectivity index (χ0) is 20.4. The first kappa shape index (κ1) is 20.3. The zero-order valence-corrected chi connectivity index (χ0v) is 15.9. The number of nitrogens with zero attached hydrogens (tertiary/aromatic N) is 1. The Morgan fingerprint density at radius 3 is 2.46 bits per heavy atom. The van der Waals surface area contributed by atoms with Crippen molar-refractivity contribution >= 4 is 21.4 Å². The third-order valence-corrected chi connectivity index (χ3v) is 5.74. The Labute approximate surface area is 161 Å². The van der Waals surface area contributed by atoms with Gasteiger partial charge in [0.25, 0.3) is 10.0 Å². The standard InChI is InChI=1S/C18H20F3N3O3S/c1-27-17-6-5-14(12-16(17)24-9-7-22-8-10-24)23-28(25,26)15-4-2-3-13(11-15)18(19,20)21/h2-6,11-12,22-23H,7-10H2,1H3. The van der Waals surface area contributed by atoms with Gasteiger partial charge in [0.15, 0.2) is 0 Å². The number of anilines is 2. The van der Waals surface area contributed by atoms with Gasteiger partial charge in [-0.15, -0.1) is 0 Å². The topological polar surface area (TPSA) is 70.7 Å². The van der Waals surface area contributed by atoms with Crippen LogP contribution in [0, 0.1) is 0 Å². The van der Waals surface area contributed by atoms with Crippen LogP contribution in [0.15, 0.2) is 47.4 Å². The second-order valence-electron chi connectivity index (χ2n) is 6.25. The van der Waals surface area contributed by atoms with E-state index >= 15 is 0 Å². The predicted molar refractivity (Wildman–Crippen MR) is 100 cm³/mol. The minimum atomic E-state index is -4.62. The van der Waals surface area contributed by atoms with Crippen molar-refractivity contribution in [3.05, 3.63) is 48.0 Å². The first-order chi connectivity index (χ1) is 13.2. The number of hydrogen-bond donors (Lipinski definition) is 2. The lowest BCUT2D eigenvalue weighted by atomic mass is 10.2. The molecular weight excluding hydrogens is 395 g/mol. The van der Waals surface area contributed by atoms with Gasteiger partial charge in [0.2, 0.25) is 0 Å². The highest BCUT2D eigenvalue weighted by molar-refractivity contribution is 7.92. The molecule has 10 heteroatoms. The summed E-state index contributed by atoms with van der Waals surface area (Å²) in [5.41, 5.74) is -0.0633. The summed E-state index contributed by atoms with van der Waals surface area (Å²) < 4.78 is 71.5. The van der Waals surface area contributed by atoms with Crippen molar-refractivity contribution in [3.63, 3.8) is 0 Å². The number of nitrogens with one attached hydrogen (secondary N) is 2. The van der Waals surface area contributed by atoms with Crippen LogP contribution in [0.5, 0.6) is 5.75 Å². The van der Waals surface area contributed by atoms with Gasteiger partial charge >= 0.3 is 6.18 Å². The molecule has 0 unspecified atom stereocenters. The van der Waals surface area contributed by atoms with Crippen LogP contribution in [0.3, 0.4) is 0 Å². The lowest BCUT2D eigenvalue weighted by molar-refractivity contribution is -0.137. The number of methoxy groups -OCH3 is 1. The highest BCUT2D eigenvalue weighted by Crippen LogP contribution is 2.33. The summed E-state index contributed by atoms with van der Waals surface area (Å²) in [6.07, 6.45) is -4.62. The lowest BCUT2D eigenvalue weighted by Crippen LogP contribution is -2.43. The molecule has 0 amide bonds. The molecule has 1 aliphatic rings. The van der Waals surface area contributed by atoms with Crippen LogP contribution in [0.2, 0.25) is 0 Å². The highest BCUT2D eigenvalue weighted by Gasteiger charge is 2.31. The van der Waals surface area contributed by atoms with Crippen LogP contribution in [0.1, 0.15) is 5.56 Å². The molecule has 3 rings (SSSR count). The molecular formula is C18H20F3N3O3S. The van der Waals surface area contributed by atoms with E-state index in [0.29, 0.717) is 17.5 Å². The molecule has 0 spiro atoms.